The summed E-state index contributed by atoms with van der Waals surface area (Å²) in [6, 6.07) is 9.01. The number of furan rings is 1. The van der Waals surface area contributed by atoms with Crippen LogP contribution in [0.2, 0.25) is 0 Å². The number of hydrogen-bond acceptors (Lipinski definition) is 3. The highest BCUT2D eigenvalue weighted by Crippen LogP contribution is 2.26. The van der Waals surface area contributed by atoms with Crippen LogP contribution in [0, 0.1) is 0 Å². The number of aromatic amines is 1. The molecule has 78 valence electrons. The van der Waals surface area contributed by atoms with Crippen molar-refractivity contribution >= 4 is 11.0 Å². The number of rotatable bonds is 1. The van der Waals surface area contributed by atoms with Crippen LogP contribution in [0.1, 0.15) is 0 Å². The number of benzene rings is 1. The average molecular weight is 212 g/mol. The van der Waals surface area contributed by atoms with Crippen LogP contribution in [0.15, 0.2) is 52.0 Å². The molecule has 3 rings (SSSR count). The second-order valence-corrected chi connectivity index (χ2v) is 3.43. The highest BCUT2D eigenvalue weighted by molar-refractivity contribution is 5.91. The fraction of sp³-hybridized carbons (Fsp3) is 0. The van der Waals surface area contributed by atoms with Crippen molar-refractivity contribution in [3.05, 3.63) is 53.1 Å². The third-order valence-electron chi connectivity index (χ3n) is 2.41. The highest BCUT2D eigenvalue weighted by atomic mass is 16.3. The van der Waals surface area contributed by atoms with E-state index in [1.807, 2.05) is 24.3 Å². The Morgan fingerprint density at radius 3 is 2.94 bits per heavy atom. The van der Waals surface area contributed by atoms with Crippen LogP contribution in [-0.4, -0.2) is 9.97 Å². The molecule has 4 nitrogen and oxygen atoms in total. The lowest BCUT2D eigenvalue weighted by atomic mass is 10.1. The van der Waals surface area contributed by atoms with Gasteiger partial charge in [-0.15, -0.1) is 0 Å². The van der Waals surface area contributed by atoms with E-state index < -0.39 is 0 Å². The van der Waals surface area contributed by atoms with Gasteiger partial charge < -0.3 is 9.40 Å². The molecular weight excluding hydrogens is 204 g/mol. The van der Waals surface area contributed by atoms with E-state index in [1.54, 1.807) is 6.26 Å². The van der Waals surface area contributed by atoms with Crippen LogP contribution >= 0.6 is 0 Å². The fourth-order valence-corrected chi connectivity index (χ4v) is 1.67. The molecule has 0 aliphatic heterocycles. The summed E-state index contributed by atoms with van der Waals surface area (Å²) in [5, 5.41) is 0.942. The molecule has 0 aliphatic rings. The van der Waals surface area contributed by atoms with E-state index in [0.29, 0.717) is 5.82 Å². The molecule has 0 saturated carbocycles. The van der Waals surface area contributed by atoms with E-state index in [1.165, 1.54) is 12.3 Å². The lowest BCUT2D eigenvalue weighted by molar-refractivity contribution is 0.616. The van der Waals surface area contributed by atoms with E-state index in [-0.39, 0.29) is 5.56 Å². The standard InChI is InChI=1S/C12H8N2O2/c15-11-5-6-13-12(14-11)9-7-16-10-4-2-1-3-8(9)10/h1-7H,(H,13,14,15). The predicted molar refractivity (Wildman–Crippen MR) is 60.1 cm³/mol. The van der Waals surface area contributed by atoms with Crippen molar-refractivity contribution in [2.45, 2.75) is 0 Å². The zero-order valence-electron chi connectivity index (χ0n) is 8.31. The summed E-state index contributed by atoms with van der Waals surface area (Å²) in [4.78, 5) is 18.0. The van der Waals surface area contributed by atoms with Gasteiger partial charge in [0.05, 0.1) is 5.56 Å². The van der Waals surface area contributed by atoms with Gasteiger partial charge in [0.2, 0.25) is 0 Å². The van der Waals surface area contributed by atoms with Gasteiger partial charge in [-0.3, -0.25) is 4.79 Å². The zero-order valence-corrected chi connectivity index (χ0v) is 8.31. The topological polar surface area (TPSA) is 58.9 Å². The normalized spacial score (nSPS) is 10.8. The lowest BCUT2D eigenvalue weighted by Gasteiger charge is -1.95. The summed E-state index contributed by atoms with van der Waals surface area (Å²) in [6.07, 6.45) is 3.08. The van der Waals surface area contributed by atoms with Gasteiger partial charge in [-0.2, -0.15) is 0 Å². The smallest absolute Gasteiger partial charge is 0.251 e. The zero-order chi connectivity index (χ0) is 11.0. The molecule has 4 heteroatoms. The van der Waals surface area contributed by atoms with Crippen molar-refractivity contribution in [1.29, 1.82) is 0 Å². The van der Waals surface area contributed by atoms with Gasteiger partial charge in [0.15, 0.2) is 0 Å². The number of H-pyrrole nitrogens is 1. The van der Waals surface area contributed by atoms with Gasteiger partial charge in [-0.05, 0) is 6.07 Å². The van der Waals surface area contributed by atoms with E-state index in [0.717, 1.165) is 16.5 Å². The number of nitrogens with zero attached hydrogens (tertiary/aromatic N) is 1. The van der Waals surface area contributed by atoms with Crippen molar-refractivity contribution in [2.24, 2.45) is 0 Å². The first-order valence-corrected chi connectivity index (χ1v) is 4.86. The molecule has 0 aliphatic carbocycles. The van der Waals surface area contributed by atoms with E-state index in [4.69, 9.17) is 4.42 Å². The number of para-hydroxylation sites is 1. The molecule has 0 atom stereocenters. The minimum atomic E-state index is -0.171. The fourth-order valence-electron chi connectivity index (χ4n) is 1.67. The molecule has 1 N–H and O–H groups in total. The third kappa shape index (κ3) is 1.32. The van der Waals surface area contributed by atoms with Crippen LogP contribution in [0.5, 0.6) is 0 Å². The average Bonchev–Trinajstić information content (AvgIpc) is 2.72. The Hall–Kier alpha value is -2.36. The Balaban J connectivity index is 2.30. The van der Waals surface area contributed by atoms with E-state index in [9.17, 15) is 4.79 Å². The Morgan fingerprint density at radius 2 is 2.06 bits per heavy atom. The second kappa shape index (κ2) is 3.34. The van der Waals surface area contributed by atoms with Gasteiger partial charge in [0, 0.05) is 17.6 Å². The molecule has 0 amide bonds. The van der Waals surface area contributed by atoms with Crippen molar-refractivity contribution < 1.29 is 4.42 Å². The lowest BCUT2D eigenvalue weighted by Crippen LogP contribution is -2.05. The molecule has 0 unspecified atom stereocenters. The summed E-state index contributed by atoms with van der Waals surface area (Å²) >= 11 is 0. The van der Waals surface area contributed by atoms with Crippen LogP contribution in [0.3, 0.4) is 0 Å². The molecule has 2 heterocycles. The first-order valence-electron chi connectivity index (χ1n) is 4.86. The third-order valence-corrected chi connectivity index (χ3v) is 2.41. The van der Waals surface area contributed by atoms with E-state index >= 15 is 0 Å². The van der Waals surface area contributed by atoms with Crippen molar-refractivity contribution in [3.63, 3.8) is 0 Å². The maximum Gasteiger partial charge on any atom is 0.251 e. The van der Waals surface area contributed by atoms with Gasteiger partial charge in [-0.25, -0.2) is 4.98 Å². The largest absolute Gasteiger partial charge is 0.464 e. The van der Waals surface area contributed by atoms with Gasteiger partial charge in [0.1, 0.15) is 17.7 Å². The summed E-state index contributed by atoms with van der Waals surface area (Å²) in [6.45, 7) is 0. The van der Waals surface area contributed by atoms with Crippen molar-refractivity contribution in [1.82, 2.24) is 9.97 Å². The number of fused-ring (bicyclic) bond motifs is 1. The molecule has 16 heavy (non-hydrogen) atoms. The summed E-state index contributed by atoms with van der Waals surface area (Å²) < 4.78 is 5.38. The van der Waals surface area contributed by atoms with Crippen LogP contribution in [-0.2, 0) is 0 Å². The number of nitrogens with one attached hydrogen (secondary N) is 1. The van der Waals surface area contributed by atoms with E-state index in [2.05, 4.69) is 9.97 Å². The number of hydrogen-bond donors (Lipinski definition) is 1. The first kappa shape index (κ1) is 8.91. The molecule has 0 bridgehead atoms. The Bertz CT molecular complexity index is 697. The Labute approximate surface area is 90.6 Å². The molecule has 0 fully saturated rings. The summed E-state index contributed by atoms with van der Waals surface area (Å²) in [7, 11) is 0. The quantitative estimate of drug-likeness (QED) is 0.672. The summed E-state index contributed by atoms with van der Waals surface area (Å²) in [5.74, 6) is 0.525. The number of aromatic nitrogens is 2. The maximum atomic E-state index is 11.2. The van der Waals surface area contributed by atoms with Crippen molar-refractivity contribution in [3.8, 4) is 11.4 Å². The van der Waals surface area contributed by atoms with Gasteiger partial charge in [0.25, 0.3) is 5.56 Å². The second-order valence-electron chi connectivity index (χ2n) is 3.43. The van der Waals surface area contributed by atoms with Crippen LogP contribution in [0.25, 0.3) is 22.4 Å². The van der Waals surface area contributed by atoms with Gasteiger partial charge >= 0.3 is 0 Å². The van der Waals surface area contributed by atoms with Gasteiger partial charge in [-0.1, -0.05) is 18.2 Å². The summed E-state index contributed by atoms with van der Waals surface area (Å²) in [5.41, 5.74) is 1.41. The maximum absolute atomic E-state index is 11.2. The molecular formula is C12H8N2O2. The Kier molecular flexibility index (Phi) is 1.86. The first-order chi connectivity index (χ1) is 7.84. The van der Waals surface area contributed by atoms with Crippen LogP contribution < -0.4 is 5.56 Å². The molecule has 2 aromatic heterocycles. The molecule has 0 spiro atoms. The molecule has 0 saturated heterocycles. The molecule has 3 aromatic rings. The van der Waals surface area contributed by atoms with Crippen LogP contribution in [0.4, 0.5) is 0 Å². The molecule has 1 aromatic carbocycles. The van der Waals surface area contributed by atoms with Crippen molar-refractivity contribution in [2.75, 3.05) is 0 Å². The molecule has 0 radical (unpaired) electrons. The Morgan fingerprint density at radius 1 is 1.19 bits per heavy atom. The predicted octanol–water partition coefficient (Wildman–Crippen LogP) is 2.18. The highest BCUT2D eigenvalue weighted by Gasteiger charge is 2.08. The SMILES string of the molecule is O=c1ccnc(-c2coc3ccccc23)[nH]1. The monoisotopic (exact) mass is 212 g/mol. The minimum Gasteiger partial charge on any atom is -0.464 e. The minimum absolute atomic E-state index is 0.171.